The first-order valence-corrected chi connectivity index (χ1v) is 5.24. The Labute approximate surface area is 85.7 Å². The maximum atomic E-state index is 4.13. The number of anilines is 1. The van der Waals surface area contributed by atoms with E-state index >= 15 is 0 Å². The van der Waals surface area contributed by atoms with E-state index in [2.05, 4.69) is 41.0 Å². The number of imidazole rings is 1. The van der Waals surface area contributed by atoms with Gasteiger partial charge in [0.25, 0.3) is 0 Å². The maximum absolute atomic E-state index is 4.13. The SMILES string of the molecule is CCN(CC)CC(C)Nc1ncc[nH]1. The summed E-state index contributed by atoms with van der Waals surface area (Å²) in [6.07, 6.45) is 3.58. The van der Waals surface area contributed by atoms with Crippen LogP contribution in [0.2, 0.25) is 0 Å². The van der Waals surface area contributed by atoms with Crippen molar-refractivity contribution in [1.82, 2.24) is 14.9 Å². The minimum atomic E-state index is 0.418. The lowest BCUT2D eigenvalue weighted by atomic mass is 10.3. The number of hydrogen-bond donors (Lipinski definition) is 2. The van der Waals surface area contributed by atoms with Gasteiger partial charge in [0.2, 0.25) is 0 Å². The van der Waals surface area contributed by atoms with Crippen LogP contribution in [0.15, 0.2) is 12.4 Å². The third-order valence-electron chi connectivity index (χ3n) is 2.31. The van der Waals surface area contributed by atoms with Gasteiger partial charge in [-0.15, -0.1) is 0 Å². The zero-order valence-corrected chi connectivity index (χ0v) is 9.25. The highest BCUT2D eigenvalue weighted by atomic mass is 15.2. The molecule has 0 saturated carbocycles. The highest BCUT2D eigenvalue weighted by Gasteiger charge is 2.07. The summed E-state index contributed by atoms with van der Waals surface area (Å²) in [4.78, 5) is 9.56. The predicted octanol–water partition coefficient (Wildman–Crippen LogP) is 1.55. The summed E-state index contributed by atoms with van der Waals surface area (Å²) in [5.41, 5.74) is 0. The fourth-order valence-corrected chi connectivity index (χ4v) is 1.49. The molecule has 1 aromatic rings. The summed E-state index contributed by atoms with van der Waals surface area (Å²) in [6.45, 7) is 9.78. The fraction of sp³-hybridized carbons (Fsp3) is 0.700. The Morgan fingerprint density at radius 2 is 2.21 bits per heavy atom. The summed E-state index contributed by atoms with van der Waals surface area (Å²) in [5.74, 6) is 0.852. The van der Waals surface area contributed by atoms with Crippen LogP contribution in [0.1, 0.15) is 20.8 Å². The average Bonchev–Trinajstić information content (AvgIpc) is 2.66. The van der Waals surface area contributed by atoms with Gasteiger partial charge in [-0.05, 0) is 20.0 Å². The molecule has 1 rings (SSSR count). The molecule has 0 spiro atoms. The van der Waals surface area contributed by atoms with Gasteiger partial charge in [-0.3, -0.25) is 0 Å². The molecule has 80 valence electrons. The van der Waals surface area contributed by atoms with Crippen LogP contribution >= 0.6 is 0 Å². The van der Waals surface area contributed by atoms with E-state index < -0.39 is 0 Å². The topological polar surface area (TPSA) is 44.0 Å². The minimum Gasteiger partial charge on any atom is -0.352 e. The van der Waals surface area contributed by atoms with Crippen molar-refractivity contribution in [3.05, 3.63) is 12.4 Å². The molecule has 0 aliphatic heterocycles. The van der Waals surface area contributed by atoms with Gasteiger partial charge < -0.3 is 15.2 Å². The maximum Gasteiger partial charge on any atom is 0.200 e. The lowest BCUT2D eigenvalue weighted by Gasteiger charge is -2.23. The quantitative estimate of drug-likeness (QED) is 0.725. The minimum absolute atomic E-state index is 0.418. The van der Waals surface area contributed by atoms with E-state index in [1.807, 2.05) is 6.20 Å². The predicted molar refractivity (Wildman–Crippen MR) is 59.5 cm³/mol. The van der Waals surface area contributed by atoms with Crippen LogP contribution in [0.3, 0.4) is 0 Å². The first-order valence-electron chi connectivity index (χ1n) is 5.24. The number of rotatable bonds is 6. The Hall–Kier alpha value is -1.03. The number of hydrogen-bond acceptors (Lipinski definition) is 3. The summed E-state index contributed by atoms with van der Waals surface area (Å²) < 4.78 is 0. The number of H-pyrrole nitrogens is 1. The van der Waals surface area contributed by atoms with Crippen molar-refractivity contribution in [3.8, 4) is 0 Å². The summed E-state index contributed by atoms with van der Waals surface area (Å²) in [5, 5.41) is 3.31. The van der Waals surface area contributed by atoms with Crippen LogP contribution < -0.4 is 5.32 Å². The second-order valence-corrected chi connectivity index (χ2v) is 3.47. The van der Waals surface area contributed by atoms with Crippen LogP contribution in [0.5, 0.6) is 0 Å². The monoisotopic (exact) mass is 196 g/mol. The zero-order chi connectivity index (χ0) is 10.4. The molecule has 2 N–H and O–H groups in total. The van der Waals surface area contributed by atoms with Crippen molar-refractivity contribution < 1.29 is 0 Å². The molecule has 1 unspecified atom stereocenters. The zero-order valence-electron chi connectivity index (χ0n) is 9.25. The Morgan fingerprint density at radius 3 is 2.71 bits per heavy atom. The summed E-state index contributed by atoms with van der Waals surface area (Å²) >= 11 is 0. The molecule has 4 heteroatoms. The van der Waals surface area contributed by atoms with E-state index in [-0.39, 0.29) is 0 Å². The largest absolute Gasteiger partial charge is 0.352 e. The molecule has 0 aromatic carbocycles. The number of aromatic amines is 1. The number of aromatic nitrogens is 2. The van der Waals surface area contributed by atoms with Gasteiger partial charge in [0, 0.05) is 25.0 Å². The molecule has 0 aliphatic rings. The van der Waals surface area contributed by atoms with Gasteiger partial charge in [0.05, 0.1) is 0 Å². The van der Waals surface area contributed by atoms with Gasteiger partial charge in [0.1, 0.15) is 0 Å². The highest BCUT2D eigenvalue weighted by molar-refractivity contribution is 5.24. The molecule has 1 aromatic heterocycles. The van der Waals surface area contributed by atoms with Gasteiger partial charge >= 0.3 is 0 Å². The van der Waals surface area contributed by atoms with Gasteiger partial charge in [-0.25, -0.2) is 4.98 Å². The molecule has 0 amide bonds. The fourth-order valence-electron chi connectivity index (χ4n) is 1.49. The summed E-state index contributed by atoms with van der Waals surface area (Å²) in [6, 6.07) is 0.418. The smallest absolute Gasteiger partial charge is 0.200 e. The number of nitrogens with zero attached hydrogens (tertiary/aromatic N) is 2. The molecule has 1 atom stereocenters. The van der Waals surface area contributed by atoms with Gasteiger partial charge in [0.15, 0.2) is 5.95 Å². The third-order valence-corrected chi connectivity index (χ3v) is 2.31. The number of likely N-dealkylation sites (N-methyl/N-ethyl adjacent to an activating group) is 1. The Morgan fingerprint density at radius 1 is 1.50 bits per heavy atom. The van der Waals surface area contributed by atoms with Crippen molar-refractivity contribution in [1.29, 1.82) is 0 Å². The Balaban J connectivity index is 2.31. The van der Waals surface area contributed by atoms with Crippen molar-refractivity contribution in [2.75, 3.05) is 25.0 Å². The Kier molecular flexibility index (Phi) is 4.46. The number of nitrogens with one attached hydrogen (secondary N) is 2. The van der Waals surface area contributed by atoms with Crippen LogP contribution in [-0.2, 0) is 0 Å². The van der Waals surface area contributed by atoms with Crippen LogP contribution in [0.25, 0.3) is 0 Å². The van der Waals surface area contributed by atoms with E-state index in [9.17, 15) is 0 Å². The molecule has 0 aliphatic carbocycles. The van der Waals surface area contributed by atoms with Gasteiger partial charge in [-0.2, -0.15) is 0 Å². The molecule has 0 bridgehead atoms. The van der Waals surface area contributed by atoms with Crippen LogP contribution in [-0.4, -0.2) is 40.5 Å². The highest BCUT2D eigenvalue weighted by Crippen LogP contribution is 2.00. The van der Waals surface area contributed by atoms with Crippen molar-refractivity contribution in [3.63, 3.8) is 0 Å². The van der Waals surface area contributed by atoms with E-state index in [0.29, 0.717) is 6.04 Å². The van der Waals surface area contributed by atoms with E-state index in [0.717, 1.165) is 25.6 Å². The lowest BCUT2D eigenvalue weighted by molar-refractivity contribution is 0.294. The van der Waals surface area contributed by atoms with Crippen molar-refractivity contribution in [2.45, 2.75) is 26.8 Å². The van der Waals surface area contributed by atoms with E-state index in [1.165, 1.54) is 0 Å². The second-order valence-electron chi connectivity index (χ2n) is 3.47. The van der Waals surface area contributed by atoms with Crippen LogP contribution in [0.4, 0.5) is 5.95 Å². The van der Waals surface area contributed by atoms with E-state index in [4.69, 9.17) is 0 Å². The standard InChI is InChI=1S/C10H20N4/c1-4-14(5-2)8-9(3)13-10-11-6-7-12-10/h6-7,9H,4-5,8H2,1-3H3,(H2,11,12,13). The first-order chi connectivity index (χ1) is 6.76. The molecule has 0 fully saturated rings. The first kappa shape index (κ1) is 11.0. The lowest BCUT2D eigenvalue weighted by Crippen LogP contribution is -2.34. The molecule has 0 saturated heterocycles. The Bertz CT molecular complexity index is 228. The normalized spacial score (nSPS) is 13.1. The molecular weight excluding hydrogens is 176 g/mol. The average molecular weight is 196 g/mol. The van der Waals surface area contributed by atoms with E-state index in [1.54, 1.807) is 6.20 Å². The van der Waals surface area contributed by atoms with Gasteiger partial charge in [-0.1, -0.05) is 13.8 Å². The summed E-state index contributed by atoms with van der Waals surface area (Å²) in [7, 11) is 0. The second kappa shape index (κ2) is 5.65. The van der Waals surface area contributed by atoms with Crippen molar-refractivity contribution in [2.24, 2.45) is 0 Å². The van der Waals surface area contributed by atoms with Crippen molar-refractivity contribution >= 4 is 5.95 Å². The third kappa shape index (κ3) is 3.38. The molecular formula is C10H20N4. The molecule has 4 nitrogen and oxygen atoms in total. The molecule has 0 radical (unpaired) electrons. The molecule has 1 heterocycles. The molecule has 14 heavy (non-hydrogen) atoms. The van der Waals surface area contributed by atoms with Crippen LogP contribution in [0, 0.1) is 0 Å².